The predicted molar refractivity (Wildman–Crippen MR) is 103 cm³/mol. The van der Waals surface area contributed by atoms with E-state index >= 15 is 0 Å². The van der Waals surface area contributed by atoms with Crippen LogP contribution in [0.4, 0.5) is 0 Å². The quantitative estimate of drug-likeness (QED) is 0.712. The van der Waals surface area contributed by atoms with Gasteiger partial charge in [0.05, 0.1) is 19.2 Å². The highest BCUT2D eigenvalue weighted by atomic mass is 16.5. The summed E-state index contributed by atoms with van der Waals surface area (Å²) in [6.45, 7) is 1.44. The van der Waals surface area contributed by atoms with Gasteiger partial charge in [0.25, 0.3) is 0 Å². The highest BCUT2D eigenvalue weighted by Gasteiger charge is 2.09. The van der Waals surface area contributed by atoms with Gasteiger partial charge in [0.15, 0.2) is 0 Å². The zero-order valence-corrected chi connectivity index (χ0v) is 15.1. The summed E-state index contributed by atoms with van der Waals surface area (Å²) in [4.78, 5) is 18.7. The molecule has 0 saturated carbocycles. The summed E-state index contributed by atoms with van der Waals surface area (Å²) in [5, 5.41) is 4.05. The van der Waals surface area contributed by atoms with Gasteiger partial charge in [-0.25, -0.2) is 0 Å². The van der Waals surface area contributed by atoms with Gasteiger partial charge in [-0.05, 0) is 30.8 Å². The largest absolute Gasteiger partial charge is 0.496 e. The highest BCUT2D eigenvalue weighted by molar-refractivity contribution is 5.79. The Hall–Kier alpha value is -2.92. The molecule has 0 fully saturated rings. The summed E-state index contributed by atoms with van der Waals surface area (Å²) in [7, 11) is 3.56. The van der Waals surface area contributed by atoms with Crippen molar-refractivity contribution in [2.45, 2.75) is 13.1 Å². The number of rotatable bonds is 7. The third-order valence-electron chi connectivity index (χ3n) is 4.18. The first-order chi connectivity index (χ1) is 12.7. The van der Waals surface area contributed by atoms with Gasteiger partial charge in [-0.15, -0.1) is 0 Å². The monoisotopic (exact) mass is 349 g/mol. The van der Waals surface area contributed by atoms with Gasteiger partial charge in [0.1, 0.15) is 5.75 Å². The molecule has 0 bridgehead atoms. The number of para-hydroxylation sites is 2. The van der Waals surface area contributed by atoms with Crippen LogP contribution >= 0.6 is 0 Å². The second-order valence-corrected chi connectivity index (χ2v) is 6.30. The first kappa shape index (κ1) is 17.9. The number of pyridine rings is 1. The predicted octanol–water partition coefficient (Wildman–Crippen LogP) is 2.99. The van der Waals surface area contributed by atoms with Crippen LogP contribution in [0.5, 0.6) is 5.75 Å². The van der Waals surface area contributed by atoms with Crippen LogP contribution in [0.1, 0.15) is 11.1 Å². The average molecular weight is 349 g/mol. The Morgan fingerprint density at radius 3 is 2.77 bits per heavy atom. The van der Waals surface area contributed by atoms with Gasteiger partial charge >= 0.3 is 0 Å². The smallest absolute Gasteiger partial charge is 0.234 e. The highest BCUT2D eigenvalue weighted by Crippen LogP contribution is 2.17. The van der Waals surface area contributed by atoms with Crippen molar-refractivity contribution in [2.24, 2.45) is 0 Å². The summed E-state index contributed by atoms with van der Waals surface area (Å²) < 4.78 is 5.30. The van der Waals surface area contributed by atoms with Gasteiger partial charge in [0, 0.05) is 30.2 Å². The zero-order chi connectivity index (χ0) is 18.4. The van der Waals surface area contributed by atoms with E-state index in [4.69, 9.17) is 4.74 Å². The van der Waals surface area contributed by atoms with Crippen molar-refractivity contribution >= 4 is 16.8 Å². The van der Waals surface area contributed by atoms with Crippen LogP contribution in [-0.2, 0) is 17.9 Å². The number of fused-ring (bicyclic) bond motifs is 1. The second-order valence-electron chi connectivity index (χ2n) is 6.30. The number of amides is 1. The standard InChI is InChI=1S/C21H23N3O2/c1-24(14-16-11-17-7-3-5-9-19(17)22-12-16)15-21(25)23-13-18-8-4-6-10-20(18)26-2/h3-12H,13-15H2,1-2H3,(H,23,25). The molecular formula is C21H23N3O2. The van der Waals surface area contributed by atoms with Gasteiger partial charge in [0.2, 0.25) is 5.91 Å². The first-order valence-corrected chi connectivity index (χ1v) is 8.56. The zero-order valence-electron chi connectivity index (χ0n) is 15.1. The van der Waals surface area contributed by atoms with E-state index in [1.807, 2.05) is 66.7 Å². The topological polar surface area (TPSA) is 54.5 Å². The van der Waals surface area contributed by atoms with Crippen LogP contribution in [0.2, 0.25) is 0 Å². The molecule has 1 amide bonds. The van der Waals surface area contributed by atoms with Gasteiger partial charge in [-0.2, -0.15) is 0 Å². The SMILES string of the molecule is COc1ccccc1CNC(=O)CN(C)Cc1cnc2ccccc2c1. The molecule has 0 radical (unpaired) electrons. The second kappa shape index (κ2) is 8.45. The average Bonchev–Trinajstić information content (AvgIpc) is 2.66. The summed E-state index contributed by atoms with van der Waals surface area (Å²) in [5.41, 5.74) is 3.03. The van der Waals surface area contributed by atoms with Gasteiger partial charge < -0.3 is 10.1 Å². The number of likely N-dealkylation sites (N-methyl/N-ethyl adjacent to an activating group) is 1. The molecule has 2 aromatic carbocycles. The number of methoxy groups -OCH3 is 1. The molecule has 1 N–H and O–H groups in total. The minimum absolute atomic E-state index is 0.0212. The van der Waals surface area contributed by atoms with Crippen molar-refractivity contribution in [3.05, 3.63) is 71.9 Å². The van der Waals surface area contributed by atoms with Crippen molar-refractivity contribution < 1.29 is 9.53 Å². The molecule has 0 atom stereocenters. The number of carbonyl (C=O) groups is 1. The Kier molecular flexibility index (Phi) is 5.81. The van der Waals surface area contributed by atoms with Crippen molar-refractivity contribution in [1.29, 1.82) is 0 Å². The molecule has 0 aliphatic heterocycles. The lowest BCUT2D eigenvalue weighted by molar-refractivity contribution is -0.122. The summed E-state index contributed by atoms with van der Waals surface area (Å²) in [5.74, 6) is 0.760. The van der Waals surface area contributed by atoms with E-state index in [0.717, 1.165) is 27.8 Å². The maximum atomic E-state index is 12.2. The number of ether oxygens (including phenoxy) is 1. The molecule has 3 rings (SSSR count). The molecular weight excluding hydrogens is 326 g/mol. The third kappa shape index (κ3) is 4.58. The van der Waals surface area contributed by atoms with E-state index in [2.05, 4.69) is 16.4 Å². The fourth-order valence-electron chi connectivity index (χ4n) is 2.91. The van der Waals surface area contributed by atoms with Crippen LogP contribution in [0.15, 0.2) is 60.8 Å². The minimum Gasteiger partial charge on any atom is -0.496 e. The fraction of sp³-hybridized carbons (Fsp3) is 0.238. The molecule has 5 nitrogen and oxygen atoms in total. The van der Waals surface area contributed by atoms with E-state index in [9.17, 15) is 4.79 Å². The number of benzene rings is 2. The van der Waals surface area contributed by atoms with E-state index in [-0.39, 0.29) is 5.91 Å². The Balaban J connectivity index is 1.53. The molecule has 3 aromatic rings. The molecule has 0 aliphatic carbocycles. The molecule has 0 aliphatic rings. The van der Waals surface area contributed by atoms with Crippen molar-refractivity contribution in [3.63, 3.8) is 0 Å². The number of hydrogen-bond acceptors (Lipinski definition) is 4. The van der Waals surface area contributed by atoms with Crippen LogP contribution in [-0.4, -0.2) is 36.5 Å². The number of nitrogens with zero attached hydrogens (tertiary/aromatic N) is 2. The van der Waals surface area contributed by atoms with Gasteiger partial charge in [-0.3, -0.25) is 14.7 Å². The number of carbonyl (C=O) groups excluding carboxylic acids is 1. The van der Waals surface area contributed by atoms with Crippen molar-refractivity contribution in [2.75, 3.05) is 20.7 Å². The van der Waals surface area contributed by atoms with E-state index in [1.54, 1.807) is 7.11 Å². The molecule has 134 valence electrons. The lowest BCUT2D eigenvalue weighted by Crippen LogP contribution is -2.34. The third-order valence-corrected chi connectivity index (χ3v) is 4.18. The fourth-order valence-corrected chi connectivity index (χ4v) is 2.91. The Labute approximate surface area is 153 Å². The molecule has 5 heteroatoms. The van der Waals surface area contributed by atoms with E-state index in [1.165, 1.54) is 0 Å². The Morgan fingerprint density at radius 1 is 1.15 bits per heavy atom. The van der Waals surface area contributed by atoms with Crippen molar-refractivity contribution in [3.8, 4) is 5.75 Å². The summed E-state index contributed by atoms with van der Waals surface area (Å²) in [6, 6.07) is 17.8. The summed E-state index contributed by atoms with van der Waals surface area (Å²) in [6.07, 6.45) is 1.87. The molecule has 0 saturated heterocycles. The Morgan fingerprint density at radius 2 is 1.92 bits per heavy atom. The molecule has 0 unspecified atom stereocenters. The van der Waals surface area contributed by atoms with Crippen LogP contribution in [0.3, 0.4) is 0 Å². The lowest BCUT2D eigenvalue weighted by Gasteiger charge is -2.17. The normalized spacial score (nSPS) is 10.9. The lowest BCUT2D eigenvalue weighted by atomic mass is 10.1. The number of hydrogen-bond donors (Lipinski definition) is 1. The van der Waals surface area contributed by atoms with Gasteiger partial charge in [-0.1, -0.05) is 36.4 Å². The molecule has 1 heterocycles. The first-order valence-electron chi connectivity index (χ1n) is 8.56. The maximum Gasteiger partial charge on any atom is 0.234 e. The van der Waals surface area contributed by atoms with Crippen LogP contribution in [0.25, 0.3) is 10.9 Å². The summed E-state index contributed by atoms with van der Waals surface area (Å²) >= 11 is 0. The van der Waals surface area contributed by atoms with Crippen molar-refractivity contribution in [1.82, 2.24) is 15.2 Å². The molecule has 1 aromatic heterocycles. The molecule has 26 heavy (non-hydrogen) atoms. The van der Waals surface area contributed by atoms with Crippen LogP contribution in [0, 0.1) is 0 Å². The number of nitrogens with one attached hydrogen (secondary N) is 1. The van der Waals surface area contributed by atoms with E-state index in [0.29, 0.717) is 19.6 Å². The van der Waals surface area contributed by atoms with E-state index < -0.39 is 0 Å². The minimum atomic E-state index is -0.0212. The van der Waals surface area contributed by atoms with Crippen LogP contribution < -0.4 is 10.1 Å². The maximum absolute atomic E-state index is 12.2. The number of aromatic nitrogens is 1. The Bertz CT molecular complexity index is 895. The molecule has 0 spiro atoms.